The van der Waals surface area contributed by atoms with E-state index in [4.69, 9.17) is 4.74 Å². The molecule has 0 unspecified atom stereocenters. The average molecular weight is 225 g/mol. The minimum absolute atomic E-state index is 0.901. The maximum absolute atomic E-state index is 5.51. The van der Waals surface area contributed by atoms with Crippen LogP contribution < -0.4 is 4.74 Å². The summed E-state index contributed by atoms with van der Waals surface area (Å²) in [5.74, 6) is 0.901. The van der Waals surface area contributed by atoms with Crippen molar-refractivity contribution in [1.82, 2.24) is 0 Å². The van der Waals surface area contributed by atoms with E-state index in [1.165, 1.54) is 11.1 Å². The summed E-state index contributed by atoms with van der Waals surface area (Å²) >= 11 is 0. The molecule has 0 aliphatic carbocycles. The van der Waals surface area contributed by atoms with Crippen molar-refractivity contribution < 1.29 is 4.74 Å². The van der Waals surface area contributed by atoms with Crippen LogP contribution in [0.1, 0.15) is 19.8 Å². The maximum Gasteiger partial charge on any atom is 0.135 e. The molecule has 2 aromatic rings. The lowest BCUT2D eigenvalue weighted by Crippen LogP contribution is -1.89. The molecule has 0 aliphatic heterocycles. The molecule has 1 nitrogen and oxygen atoms in total. The Morgan fingerprint density at radius 2 is 1.53 bits per heavy atom. The zero-order valence-corrected chi connectivity index (χ0v) is 10.1. The van der Waals surface area contributed by atoms with E-state index in [1.54, 1.807) is 0 Å². The number of rotatable bonds is 5. The number of ether oxygens (including phenoxy) is 1. The summed E-state index contributed by atoms with van der Waals surface area (Å²) in [5, 5.41) is 0. The number of benzene rings is 2. The van der Waals surface area contributed by atoms with Gasteiger partial charge in [0.25, 0.3) is 0 Å². The van der Waals surface area contributed by atoms with Crippen molar-refractivity contribution in [3.63, 3.8) is 0 Å². The lowest BCUT2D eigenvalue weighted by molar-refractivity contribution is 0.389. The van der Waals surface area contributed by atoms with Crippen LogP contribution in [0, 0.1) is 6.61 Å². The summed E-state index contributed by atoms with van der Waals surface area (Å²) in [6, 6.07) is 18.5. The van der Waals surface area contributed by atoms with Crippen LogP contribution in [0.5, 0.6) is 5.75 Å². The van der Waals surface area contributed by atoms with Gasteiger partial charge < -0.3 is 4.74 Å². The van der Waals surface area contributed by atoms with Gasteiger partial charge >= 0.3 is 0 Å². The first-order valence-corrected chi connectivity index (χ1v) is 6.04. The molecule has 0 saturated heterocycles. The summed E-state index contributed by atoms with van der Waals surface area (Å²) in [6.07, 6.45) is 2.10. The Balaban J connectivity index is 2.03. The van der Waals surface area contributed by atoms with Crippen molar-refractivity contribution in [3.8, 4) is 16.9 Å². The Labute approximate surface area is 103 Å². The van der Waals surface area contributed by atoms with Crippen LogP contribution in [0.25, 0.3) is 11.1 Å². The van der Waals surface area contributed by atoms with Crippen LogP contribution in [0.3, 0.4) is 0 Å². The zero-order valence-electron chi connectivity index (χ0n) is 10.1. The van der Waals surface area contributed by atoms with Gasteiger partial charge in [-0.2, -0.15) is 0 Å². The molecule has 87 valence electrons. The third kappa shape index (κ3) is 3.35. The van der Waals surface area contributed by atoms with E-state index < -0.39 is 0 Å². The van der Waals surface area contributed by atoms with E-state index in [0.717, 1.165) is 18.6 Å². The molecule has 0 amide bonds. The summed E-state index contributed by atoms with van der Waals surface area (Å²) in [5.41, 5.74) is 2.45. The molecule has 1 heteroatoms. The van der Waals surface area contributed by atoms with Crippen LogP contribution in [-0.2, 0) is 0 Å². The van der Waals surface area contributed by atoms with Crippen molar-refractivity contribution in [1.29, 1.82) is 0 Å². The Hall–Kier alpha value is -1.76. The lowest BCUT2D eigenvalue weighted by Gasteiger charge is -2.06. The molecule has 2 aromatic carbocycles. The molecule has 0 fully saturated rings. The predicted molar refractivity (Wildman–Crippen MR) is 71.7 cm³/mol. The van der Waals surface area contributed by atoms with Crippen molar-refractivity contribution in [2.75, 3.05) is 0 Å². The van der Waals surface area contributed by atoms with E-state index in [0.29, 0.717) is 0 Å². The number of hydrogen-bond acceptors (Lipinski definition) is 1. The van der Waals surface area contributed by atoms with Crippen molar-refractivity contribution in [2.45, 2.75) is 19.8 Å². The van der Waals surface area contributed by atoms with Crippen LogP contribution in [-0.4, -0.2) is 0 Å². The molecule has 0 aromatic heterocycles. The monoisotopic (exact) mass is 225 g/mol. The van der Waals surface area contributed by atoms with E-state index in [2.05, 4.69) is 43.3 Å². The Morgan fingerprint density at radius 1 is 0.882 bits per heavy atom. The molecular weight excluding hydrogens is 208 g/mol. The molecule has 0 atom stereocenters. The highest BCUT2D eigenvalue weighted by Crippen LogP contribution is 2.22. The molecule has 0 aliphatic rings. The first-order chi connectivity index (χ1) is 8.40. The minimum atomic E-state index is 0.901. The summed E-state index contributed by atoms with van der Waals surface area (Å²) in [7, 11) is 0. The maximum atomic E-state index is 5.51. The summed E-state index contributed by atoms with van der Waals surface area (Å²) in [6.45, 7) is 4.00. The largest absolute Gasteiger partial charge is 0.487 e. The molecule has 0 saturated carbocycles. The molecule has 0 heterocycles. The van der Waals surface area contributed by atoms with E-state index in [9.17, 15) is 0 Å². The highest BCUT2D eigenvalue weighted by molar-refractivity contribution is 5.63. The smallest absolute Gasteiger partial charge is 0.135 e. The molecule has 0 bridgehead atoms. The number of unbranched alkanes of at least 4 members (excludes halogenated alkanes) is 1. The van der Waals surface area contributed by atoms with Crippen LogP contribution in [0.15, 0.2) is 54.6 Å². The summed E-state index contributed by atoms with van der Waals surface area (Å²) < 4.78 is 5.51. The molecule has 0 spiro atoms. The quantitative estimate of drug-likeness (QED) is 0.670. The highest BCUT2D eigenvalue weighted by Gasteiger charge is 1.97. The van der Waals surface area contributed by atoms with Gasteiger partial charge in [-0.1, -0.05) is 55.8 Å². The van der Waals surface area contributed by atoms with Crippen molar-refractivity contribution in [2.24, 2.45) is 0 Å². The van der Waals surface area contributed by atoms with Gasteiger partial charge in [0.05, 0.1) is 0 Å². The normalized spacial score (nSPS) is 10.2. The average Bonchev–Trinajstić information content (AvgIpc) is 2.41. The molecule has 1 radical (unpaired) electrons. The van der Waals surface area contributed by atoms with Gasteiger partial charge in [0, 0.05) is 0 Å². The minimum Gasteiger partial charge on any atom is -0.487 e. The van der Waals surface area contributed by atoms with Gasteiger partial charge in [0.15, 0.2) is 0 Å². The SMILES string of the molecule is CCC[CH]Oc1ccc(-c2ccccc2)cc1. The standard InChI is InChI=1S/C16H17O/c1-2-3-13-17-16-11-9-15(10-12-16)14-7-5-4-6-8-14/h4-13H,2-3H2,1H3. The van der Waals surface area contributed by atoms with Crippen LogP contribution in [0.4, 0.5) is 0 Å². The molecule has 17 heavy (non-hydrogen) atoms. The van der Waals surface area contributed by atoms with E-state index in [-0.39, 0.29) is 0 Å². The van der Waals surface area contributed by atoms with Crippen LogP contribution >= 0.6 is 0 Å². The van der Waals surface area contributed by atoms with Crippen molar-refractivity contribution in [3.05, 3.63) is 61.2 Å². The highest BCUT2D eigenvalue weighted by atomic mass is 16.5. The molecule has 2 rings (SSSR count). The Morgan fingerprint density at radius 3 is 2.18 bits per heavy atom. The number of hydrogen-bond donors (Lipinski definition) is 0. The van der Waals surface area contributed by atoms with Crippen LogP contribution in [0.2, 0.25) is 0 Å². The van der Waals surface area contributed by atoms with Gasteiger partial charge in [-0.05, 0) is 29.7 Å². The Kier molecular flexibility index (Phi) is 4.20. The fraction of sp³-hybridized carbons (Fsp3) is 0.188. The third-order valence-corrected chi connectivity index (χ3v) is 2.59. The van der Waals surface area contributed by atoms with Crippen molar-refractivity contribution >= 4 is 0 Å². The lowest BCUT2D eigenvalue weighted by atomic mass is 10.1. The van der Waals surface area contributed by atoms with E-state index >= 15 is 0 Å². The van der Waals surface area contributed by atoms with E-state index in [1.807, 2.05) is 24.8 Å². The van der Waals surface area contributed by atoms with Gasteiger partial charge in [-0.25, -0.2) is 0 Å². The fourth-order valence-corrected chi connectivity index (χ4v) is 1.63. The molecular formula is C16H17O. The second kappa shape index (κ2) is 6.09. The zero-order chi connectivity index (χ0) is 11.9. The second-order valence-corrected chi connectivity index (χ2v) is 3.96. The first kappa shape index (κ1) is 11.7. The molecule has 0 N–H and O–H groups in total. The van der Waals surface area contributed by atoms with Gasteiger partial charge in [-0.3, -0.25) is 0 Å². The fourth-order valence-electron chi connectivity index (χ4n) is 1.63. The summed E-state index contributed by atoms with van der Waals surface area (Å²) in [4.78, 5) is 0. The third-order valence-electron chi connectivity index (χ3n) is 2.59. The van der Waals surface area contributed by atoms with Gasteiger partial charge in [0.2, 0.25) is 0 Å². The van der Waals surface area contributed by atoms with Gasteiger partial charge in [0.1, 0.15) is 12.4 Å². The van der Waals surface area contributed by atoms with Gasteiger partial charge in [-0.15, -0.1) is 0 Å². The predicted octanol–water partition coefficient (Wildman–Crippen LogP) is 4.69. The Bertz CT molecular complexity index is 431. The first-order valence-electron chi connectivity index (χ1n) is 6.04. The topological polar surface area (TPSA) is 9.23 Å². The second-order valence-electron chi connectivity index (χ2n) is 3.96.